The topological polar surface area (TPSA) is 67.4 Å². The number of hydrogen-bond donors (Lipinski definition) is 1. The van der Waals surface area contributed by atoms with Gasteiger partial charge in [0.15, 0.2) is 5.82 Å². The van der Waals surface area contributed by atoms with E-state index in [0.29, 0.717) is 11.8 Å². The summed E-state index contributed by atoms with van der Waals surface area (Å²) in [5, 5.41) is 13.7. The van der Waals surface area contributed by atoms with Gasteiger partial charge in [-0.2, -0.15) is 10.2 Å². The molecule has 1 aromatic heterocycles. The normalized spacial score (nSPS) is 21.8. The van der Waals surface area contributed by atoms with E-state index in [1.807, 2.05) is 19.1 Å². The molecule has 2 heterocycles. The molecule has 5 heteroatoms. The van der Waals surface area contributed by atoms with Crippen LogP contribution in [0.3, 0.4) is 0 Å². The van der Waals surface area contributed by atoms with Gasteiger partial charge in [-0.1, -0.05) is 6.92 Å². The third kappa shape index (κ3) is 1.44. The Morgan fingerprint density at radius 3 is 3.00 bits per heavy atom. The first-order valence-electron chi connectivity index (χ1n) is 4.16. The zero-order valence-electron chi connectivity index (χ0n) is 7.38. The molecule has 13 heavy (non-hydrogen) atoms. The molecule has 0 fully saturated rings. The molecule has 5 nitrogen and oxygen atoms in total. The van der Waals surface area contributed by atoms with Crippen molar-refractivity contribution in [3.05, 3.63) is 18.3 Å². The van der Waals surface area contributed by atoms with Crippen LogP contribution in [0.15, 0.2) is 23.4 Å². The Hall–Kier alpha value is -1.65. The van der Waals surface area contributed by atoms with Gasteiger partial charge in [0.1, 0.15) is 5.84 Å². The van der Waals surface area contributed by atoms with Gasteiger partial charge in [-0.05, 0) is 12.1 Å². The summed E-state index contributed by atoms with van der Waals surface area (Å²) in [6.45, 7) is 2.82. The van der Waals surface area contributed by atoms with E-state index in [4.69, 9.17) is 5.73 Å². The van der Waals surface area contributed by atoms with Crippen molar-refractivity contribution < 1.29 is 0 Å². The standard InChI is InChI=1S/C8H11N5/c1-6-5-13(12-8(6)9)7-3-2-4-10-11-7/h2-4,6H,5H2,1H3,(H2,9,12). The van der Waals surface area contributed by atoms with Gasteiger partial charge in [0, 0.05) is 12.1 Å². The molecule has 2 rings (SSSR count). The van der Waals surface area contributed by atoms with Crippen LogP contribution < -0.4 is 10.7 Å². The Kier molecular flexibility index (Phi) is 1.84. The van der Waals surface area contributed by atoms with Crippen molar-refractivity contribution in [3.63, 3.8) is 0 Å². The number of rotatable bonds is 1. The summed E-state index contributed by atoms with van der Waals surface area (Å²) in [6, 6.07) is 3.69. The van der Waals surface area contributed by atoms with E-state index in [2.05, 4.69) is 15.3 Å². The van der Waals surface area contributed by atoms with Crippen LogP contribution in [0.25, 0.3) is 0 Å². The third-order valence-electron chi connectivity index (χ3n) is 2.01. The molecule has 0 aromatic carbocycles. The van der Waals surface area contributed by atoms with Crippen molar-refractivity contribution in [2.45, 2.75) is 6.92 Å². The summed E-state index contributed by atoms with van der Waals surface area (Å²) in [4.78, 5) is 0. The second kappa shape index (κ2) is 3.01. The van der Waals surface area contributed by atoms with Gasteiger partial charge >= 0.3 is 0 Å². The molecule has 0 saturated heterocycles. The minimum atomic E-state index is 0.294. The van der Waals surface area contributed by atoms with Crippen LogP contribution >= 0.6 is 0 Å². The maximum atomic E-state index is 5.67. The van der Waals surface area contributed by atoms with E-state index < -0.39 is 0 Å². The minimum absolute atomic E-state index is 0.294. The number of aromatic nitrogens is 2. The highest BCUT2D eigenvalue weighted by Gasteiger charge is 2.21. The molecule has 2 N–H and O–H groups in total. The largest absolute Gasteiger partial charge is 0.385 e. The molecule has 0 radical (unpaired) electrons. The van der Waals surface area contributed by atoms with Crippen LogP contribution in [0.1, 0.15) is 6.92 Å². The fourth-order valence-corrected chi connectivity index (χ4v) is 1.21. The predicted molar refractivity (Wildman–Crippen MR) is 50.2 cm³/mol. The summed E-state index contributed by atoms with van der Waals surface area (Å²) < 4.78 is 0. The third-order valence-corrected chi connectivity index (χ3v) is 2.01. The predicted octanol–water partition coefficient (Wildman–Crippen LogP) is 0.205. The molecular formula is C8H11N5. The van der Waals surface area contributed by atoms with E-state index in [1.54, 1.807) is 11.2 Å². The highest BCUT2D eigenvalue weighted by atomic mass is 15.5. The first-order valence-corrected chi connectivity index (χ1v) is 4.16. The van der Waals surface area contributed by atoms with Crippen molar-refractivity contribution in [1.29, 1.82) is 0 Å². The summed E-state index contributed by atoms with van der Waals surface area (Å²) in [7, 11) is 0. The van der Waals surface area contributed by atoms with Crippen LogP contribution in [-0.4, -0.2) is 22.6 Å². The van der Waals surface area contributed by atoms with Crippen LogP contribution in [0.5, 0.6) is 0 Å². The van der Waals surface area contributed by atoms with Crippen molar-refractivity contribution in [2.24, 2.45) is 16.8 Å². The molecule has 68 valence electrons. The lowest BCUT2D eigenvalue weighted by atomic mass is 10.2. The van der Waals surface area contributed by atoms with Gasteiger partial charge < -0.3 is 5.73 Å². The molecular weight excluding hydrogens is 166 g/mol. The second-order valence-corrected chi connectivity index (χ2v) is 3.09. The van der Waals surface area contributed by atoms with Gasteiger partial charge in [-0.15, -0.1) is 5.10 Å². The molecule has 1 aliphatic rings. The van der Waals surface area contributed by atoms with Crippen LogP contribution in [0, 0.1) is 5.92 Å². The Bertz CT molecular complexity index is 321. The molecule has 1 atom stereocenters. The van der Waals surface area contributed by atoms with Crippen LogP contribution in [0.4, 0.5) is 5.82 Å². The van der Waals surface area contributed by atoms with Crippen LogP contribution in [-0.2, 0) is 0 Å². The van der Waals surface area contributed by atoms with E-state index in [-0.39, 0.29) is 0 Å². The number of nitrogens with two attached hydrogens (primary N) is 1. The zero-order chi connectivity index (χ0) is 9.26. The average Bonchev–Trinajstić information content (AvgIpc) is 2.49. The smallest absolute Gasteiger partial charge is 0.171 e. The number of hydrogen-bond acceptors (Lipinski definition) is 5. The SMILES string of the molecule is CC1CN(c2cccnn2)N=C1N. The number of anilines is 1. The average molecular weight is 177 g/mol. The molecule has 0 spiro atoms. The van der Waals surface area contributed by atoms with E-state index in [9.17, 15) is 0 Å². The molecule has 0 aliphatic carbocycles. The lowest BCUT2D eigenvalue weighted by Gasteiger charge is -2.11. The van der Waals surface area contributed by atoms with Gasteiger partial charge in [-0.25, -0.2) is 5.01 Å². The molecule has 0 saturated carbocycles. The van der Waals surface area contributed by atoms with E-state index in [1.165, 1.54) is 0 Å². The first-order chi connectivity index (χ1) is 6.27. The summed E-state index contributed by atoms with van der Waals surface area (Å²) in [5.41, 5.74) is 5.67. The maximum Gasteiger partial charge on any atom is 0.171 e. The molecule has 1 aliphatic heterocycles. The van der Waals surface area contributed by atoms with Crippen molar-refractivity contribution in [2.75, 3.05) is 11.6 Å². The van der Waals surface area contributed by atoms with Crippen molar-refractivity contribution >= 4 is 11.7 Å². The number of nitrogens with zero attached hydrogens (tertiary/aromatic N) is 4. The van der Waals surface area contributed by atoms with Gasteiger partial charge in [0.25, 0.3) is 0 Å². The minimum Gasteiger partial charge on any atom is -0.385 e. The Morgan fingerprint density at radius 1 is 1.62 bits per heavy atom. The quantitative estimate of drug-likeness (QED) is 0.665. The Labute approximate surface area is 76.3 Å². The van der Waals surface area contributed by atoms with Gasteiger partial charge in [-0.3, -0.25) is 0 Å². The summed E-state index contributed by atoms with van der Waals surface area (Å²) in [5.74, 6) is 1.70. The lowest BCUT2D eigenvalue weighted by molar-refractivity contribution is 0.756. The van der Waals surface area contributed by atoms with E-state index in [0.717, 1.165) is 12.4 Å². The number of amidine groups is 1. The number of hydrazone groups is 1. The molecule has 1 aromatic rings. The lowest BCUT2D eigenvalue weighted by Crippen LogP contribution is -2.20. The Morgan fingerprint density at radius 2 is 2.46 bits per heavy atom. The summed E-state index contributed by atoms with van der Waals surface area (Å²) >= 11 is 0. The van der Waals surface area contributed by atoms with Gasteiger partial charge in [0.05, 0.1) is 6.54 Å². The first kappa shape index (κ1) is 7.97. The Balaban J connectivity index is 2.22. The van der Waals surface area contributed by atoms with Crippen LogP contribution in [0.2, 0.25) is 0 Å². The van der Waals surface area contributed by atoms with Crippen molar-refractivity contribution in [1.82, 2.24) is 10.2 Å². The summed E-state index contributed by atoms with van der Waals surface area (Å²) in [6.07, 6.45) is 1.63. The fourth-order valence-electron chi connectivity index (χ4n) is 1.21. The second-order valence-electron chi connectivity index (χ2n) is 3.09. The highest BCUT2D eigenvalue weighted by Crippen LogP contribution is 2.16. The molecule has 0 amide bonds. The zero-order valence-corrected chi connectivity index (χ0v) is 7.38. The monoisotopic (exact) mass is 177 g/mol. The van der Waals surface area contributed by atoms with Crippen molar-refractivity contribution in [3.8, 4) is 0 Å². The van der Waals surface area contributed by atoms with Gasteiger partial charge in [0.2, 0.25) is 0 Å². The van der Waals surface area contributed by atoms with E-state index >= 15 is 0 Å². The maximum absolute atomic E-state index is 5.67. The molecule has 1 unspecified atom stereocenters. The fraction of sp³-hybridized carbons (Fsp3) is 0.375. The molecule has 0 bridgehead atoms. The highest BCUT2D eigenvalue weighted by molar-refractivity contribution is 5.86.